The maximum absolute atomic E-state index is 14.2. The predicted octanol–water partition coefficient (Wildman–Crippen LogP) is 4.23. The highest BCUT2D eigenvalue weighted by Gasteiger charge is 2.38. The van der Waals surface area contributed by atoms with Crippen molar-refractivity contribution in [3.8, 4) is 5.75 Å². The standard InChI is InChI=1S/C16H21FO2/c1-16(2)10-5-4-8-12(16)15(18)11-7-6-9-13(19-3)14(11)17/h6-7,9,12H,4-5,8,10H2,1-3H3. The molecule has 0 radical (unpaired) electrons. The number of hydrogen-bond donors (Lipinski definition) is 0. The van der Waals surface area contributed by atoms with Gasteiger partial charge in [0.05, 0.1) is 12.7 Å². The second kappa shape index (κ2) is 5.32. The number of Topliss-reactive ketones (excluding diaryl/α,β-unsaturated/α-hetero) is 1. The van der Waals surface area contributed by atoms with Gasteiger partial charge in [0.1, 0.15) is 0 Å². The van der Waals surface area contributed by atoms with Gasteiger partial charge in [-0.25, -0.2) is 4.39 Å². The van der Waals surface area contributed by atoms with Crippen molar-refractivity contribution in [2.24, 2.45) is 11.3 Å². The molecular weight excluding hydrogens is 243 g/mol. The molecule has 19 heavy (non-hydrogen) atoms. The SMILES string of the molecule is COc1cccc(C(=O)C2CCCCC2(C)C)c1F. The Morgan fingerprint density at radius 1 is 1.37 bits per heavy atom. The molecule has 1 saturated carbocycles. The van der Waals surface area contributed by atoms with Gasteiger partial charge in [0.15, 0.2) is 17.3 Å². The molecule has 0 spiro atoms. The molecule has 1 unspecified atom stereocenters. The van der Waals surface area contributed by atoms with Crippen molar-refractivity contribution >= 4 is 5.78 Å². The van der Waals surface area contributed by atoms with Crippen molar-refractivity contribution in [1.82, 2.24) is 0 Å². The summed E-state index contributed by atoms with van der Waals surface area (Å²) < 4.78 is 19.1. The normalized spacial score (nSPS) is 22.0. The summed E-state index contributed by atoms with van der Waals surface area (Å²) in [6.45, 7) is 4.21. The van der Waals surface area contributed by atoms with Crippen molar-refractivity contribution in [2.75, 3.05) is 7.11 Å². The van der Waals surface area contributed by atoms with Gasteiger partial charge in [-0.05, 0) is 30.4 Å². The highest BCUT2D eigenvalue weighted by Crippen LogP contribution is 2.42. The Balaban J connectivity index is 2.34. The molecule has 0 aromatic heterocycles. The summed E-state index contributed by atoms with van der Waals surface area (Å²) in [6.07, 6.45) is 4.07. The fourth-order valence-electron chi connectivity index (χ4n) is 3.03. The average Bonchev–Trinajstić information content (AvgIpc) is 2.38. The Bertz CT molecular complexity index is 480. The molecular formula is C16H21FO2. The van der Waals surface area contributed by atoms with Crippen molar-refractivity contribution in [3.63, 3.8) is 0 Å². The first-order chi connectivity index (χ1) is 8.97. The molecule has 2 nitrogen and oxygen atoms in total. The van der Waals surface area contributed by atoms with Crippen molar-refractivity contribution in [1.29, 1.82) is 0 Å². The lowest BCUT2D eigenvalue weighted by Crippen LogP contribution is -2.34. The van der Waals surface area contributed by atoms with Crippen LogP contribution < -0.4 is 4.74 Å². The number of ether oxygens (including phenoxy) is 1. The lowest BCUT2D eigenvalue weighted by Gasteiger charge is -2.37. The molecule has 104 valence electrons. The third kappa shape index (κ3) is 2.65. The van der Waals surface area contributed by atoms with E-state index in [0.717, 1.165) is 25.7 Å². The summed E-state index contributed by atoms with van der Waals surface area (Å²) in [5.41, 5.74) is 0.115. The van der Waals surface area contributed by atoms with E-state index in [4.69, 9.17) is 4.74 Å². The molecule has 1 aliphatic carbocycles. The van der Waals surface area contributed by atoms with Gasteiger partial charge >= 0.3 is 0 Å². The van der Waals surface area contributed by atoms with Crippen molar-refractivity contribution in [2.45, 2.75) is 39.5 Å². The van der Waals surface area contributed by atoms with E-state index in [2.05, 4.69) is 13.8 Å². The Morgan fingerprint density at radius 3 is 2.74 bits per heavy atom. The van der Waals surface area contributed by atoms with E-state index >= 15 is 0 Å². The second-order valence-electron chi connectivity index (χ2n) is 5.97. The van der Waals surface area contributed by atoms with E-state index in [9.17, 15) is 9.18 Å². The first kappa shape index (κ1) is 14.0. The number of carbonyl (C=O) groups is 1. The van der Waals surface area contributed by atoms with Crippen LogP contribution in [0.5, 0.6) is 5.75 Å². The predicted molar refractivity (Wildman–Crippen MR) is 73.0 cm³/mol. The van der Waals surface area contributed by atoms with Crippen molar-refractivity contribution in [3.05, 3.63) is 29.6 Å². The Labute approximate surface area is 114 Å². The number of carbonyl (C=O) groups excluding carboxylic acids is 1. The summed E-state index contributed by atoms with van der Waals surface area (Å²) in [5.74, 6) is -0.570. The van der Waals surface area contributed by atoms with Gasteiger partial charge in [0.2, 0.25) is 0 Å². The van der Waals surface area contributed by atoms with Crippen LogP contribution in [-0.4, -0.2) is 12.9 Å². The van der Waals surface area contributed by atoms with E-state index in [-0.39, 0.29) is 28.4 Å². The Morgan fingerprint density at radius 2 is 2.11 bits per heavy atom. The molecule has 0 heterocycles. The van der Waals surface area contributed by atoms with Crippen LogP contribution in [0.4, 0.5) is 4.39 Å². The van der Waals surface area contributed by atoms with Crippen LogP contribution in [0, 0.1) is 17.2 Å². The van der Waals surface area contributed by atoms with Crippen molar-refractivity contribution < 1.29 is 13.9 Å². The quantitative estimate of drug-likeness (QED) is 0.763. The van der Waals surface area contributed by atoms with E-state index in [1.54, 1.807) is 12.1 Å². The highest BCUT2D eigenvalue weighted by molar-refractivity contribution is 5.99. The first-order valence-electron chi connectivity index (χ1n) is 6.84. The van der Waals surface area contributed by atoms with Crippen LogP contribution in [0.15, 0.2) is 18.2 Å². The van der Waals surface area contributed by atoms with Gasteiger partial charge in [0.25, 0.3) is 0 Å². The zero-order valence-corrected chi connectivity index (χ0v) is 11.8. The number of halogens is 1. The van der Waals surface area contributed by atoms with E-state index in [1.807, 2.05) is 0 Å². The molecule has 0 aliphatic heterocycles. The fraction of sp³-hybridized carbons (Fsp3) is 0.562. The maximum atomic E-state index is 14.2. The Kier molecular flexibility index (Phi) is 3.93. The van der Waals surface area contributed by atoms with Crippen LogP contribution in [0.3, 0.4) is 0 Å². The van der Waals surface area contributed by atoms with Gasteiger partial charge in [0, 0.05) is 5.92 Å². The summed E-state index contributed by atoms with van der Waals surface area (Å²) in [7, 11) is 1.41. The van der Waals surface area contributed by atoms with E-state index in [0.29, 0.717) is 0 Å². The average molecular weight is 264 g/mol. The highest BCUT2D eigenvalue weighted by atomic mass is 19.1. The third-order valence-electron chi connectivity index (χ3n) is 4.27. The number of ketones is 1. The molecule has 1 fully saturated rings. The van der Waals surface area contributed by atoms with Gasteiger partial charge in [-0.15, -0.1) is 0 Å². The zero-order valence-electron chi connectivity index (χ0n) is 11.8. The Hall–Kier alpha value is -1.38. The minimum absolute atomic E-state index is 0.0507. The molecule has 2 rings (SSSR count). The third-order valence-corrected chi connectivity index (χ3v) is 4.27. The fourth-order valence-corrected chi connectivity index (χ4v) is 3.03. The van der Waals surface area contributed by atoms with Crippen LogP contribution in [0.1, 0.15) is 49.9 Å². The minimum atomic E-state index is -0.531. The van der Waals surface area contributed by atoms with E-state index in [1.165, 1.54) is 13.2 Å². The summed E-state index contributed by atoms with van der Waals surface area (Å²) in [6, 6.07) is 4.77. The lowest BCUT2D eigenvalue weighted by atomic mass is 9.66. The van der Waals surface area contributed by atoms with Gasteiger partial charge in [-0.2, -0.15) is 0 Å². The van der Waals surface area contributed by atoms with Crippen LogP contribution >= 0.6 is 0 Å². The monoisotopic (exact) mass is 264 g/mol. The molecule has 1 aliphatic rings. The smallest absolute Gasteiger partial charge is 0.175 e. The molecule has 0 saturated heterocycles. The molecule has 1 aromatic carbocycles. The molecule has 1 atom stereocenters. The molecule has 3 heteroatoms. The summed E-state index contributed by atoms with van der Waals surface area (Å²) in [5, 5.41) is 0. The van der Waals surface area contributed by atoms with Crippen LogP contribution in [0.25, 0.3) is 0 Å². The lowest BCUT2D eigenvalue weighted by molar-refractivity contribution is 0.0692. The topological polar surface area (TPSA) is 26.3 Å². The van der Waals surface area contributed by atoms with E-state index < -0.39 is 5.82 Å². The largest absolute Gasteiger partial charge is 0.494 e. The van der Waals surface area contributed by atoms with Gasteiger partial charge in [-0.1, -0.05) is 32.8 Å². The molecule has 1 aromatic rings. The van der Waals surface area contributed by atoms with Crippen LogP contribution in [-0.2, 0) is 0 Å². The zero-order chi connectivity index (χ0) is 14.0. The summed E-state index contributed by atoms with van der Waals surface area (Å²) >= 11 is 0. The number of hydrogen-bond acceptors (Lipinski definition) is 2. The number of methoxy groups -OCH3 is 1. The first-order valence-corrected chi connectivity index (χ1v) is 6.84. The van der Waals surface area contributed by atoms with Crippen LogP contribution in [0.2, 0.25) is 0 Å². The van der Waals surface area contributed by atoms with Gasteiger partial charge < -0.3 is 4.74 Å². The molecule has 0 amide bonds. The second-order valence-corrected chi connectivity index (χ2v) is 5.97. The minimum Gasteiger partial charge on any atom is -0.494 e. The molecule has 0 N–H and O–H groups in total. The number of benzene rings is 1. The maximum Gasteiger partial charge on any atom is 0.175 e. The van der Waals surface area contributed by atoms with Gasteiger partial charge in [-0.3, -0.25) is 4.79 Å². The number of rotatable bonds is 3. The molecule has 0 bridgehead atoms. The summed E-state index contributed by atoms with van der Waals surface area (Å²) in [4.78, 5) is 12.6.